The first-order chi connectivity index (χ1) is 14.9. The molecule has 2 aliphatic heterocycles. The van der Waals surface area contributed by atoms with Crippen LogP contribution in [0.15, 0.2) is 22.6 Å². The molecule has 0 spiro atoms. The molecule has 3 heterocycles. The topological polar surface area (TPSA) is 63.0 Å². The van der Waals surface area contributed by atoms with Crippen LogP contribution in [0.5, 0.6) is 0 Å². The number of carbonyl (C=O) groups excluding carboxylic acids is 2. The number of anilines is 1. The molecule has 2 saturated heterocycles. The summed E-state index contributed by atoms with van der Waals surface area (Å²) in [5.74, 6) is 1.43. The molecule has 168 valence electrons. The van der Waals surface area contributed by atoms with Crippen molar-refractivity contribution < 1.29 is 18.7 Å². The average molecular weight is 427 g/mol. The monoisotopic (exact) mass is 426 g/mol. The number of benzene rings is 1. The number of rotatable bonds is 4. The molecule has 0 radical (unpaired) electrons. The van der Waals surface area contributed by atoms with Gasteiger partial charge in [0.25, 0.3) is 5.91 Å². The van der Waals surface area contributed by atoms with Crippen molar-refractivity contribution in [2.75, 3.05) is 37.7 Å². The van der Waals surface area contributed by atoms with Gasteiger partial charge >= 0.3 is 5.97 Å². The third-order valence-corrected chi connectivity index (χ3v) is 6.75. The zero-order valence-electron chi connectivity index (χ0n) is 19.1. The Labute approximate surface area is 184 Å². The number of furan rings is 1. The summed E-state index contributed by atoms with van der Waals surface area (Å²) in [7, 11) is 0. The third kappa shape index (κ3) is 4.43. The van der Waals surface area contributed by atoms with Gasteiger partial charge in [0.15, 0.2) is 5.76 Å². The lowest BCUT2D eigenvalue weighted by Gasteiger charge is -2.36. The second-order valence-electron chi connectivity index (χ2n) is 9.41. The molecule has 0 N–H and O–H groups in total. The summed E-state index contributed by atoms with van der Waals surface area (Å²) in [4.78, 5) is 29.4. The smallest absolute Gasteiger partial charge is 0.309 e. The number of esters is 1. The van der Waals surface area contributed by atoms with Crippen molar-refractivity contribution in [3.8, 4) is 0 Å². The highest BCUT2D eigenvalue weighted by Crippen LogP contribution is 2.33. The van der Waals surface area contributed by atoms with Gasteiger partial charge in [0.2, 0.25) is 0 Å². The van der Waals surface area contributed by atoms with E-state index < -0.39 is 0 Å². The fourth-order valence-electron chi connectivity index (χ4n) is 5.21. The molecule has 31 heavy (non-hydrogen) atoms. The van der Waals surface area contributed by atoms with E-state index in [1.165, 1.54) is 12.1 Å². The van der Waals surface area contributed by atoms with Crippen LogP contribution in [0.4, 0.5) is 5.69 Å². The second kappa shape index (κ2) is 8.93. The lowest BCUT2D eigenvalue weighted by atomic mass is 9.91. The summed E-state index contributed by atoms with van der Waals surface area (Å²) < 4.78 is 11.1. The van der Waals surface area contributed by atoms with Crippen molar-refractivity contribution in [2.24, 2.45) is 17.8 Å². The Bertz CT molecular complexity index is 948. The van der Waals surface area contributed by atoms with Crippen LogP contribution in [0.2, 0.25) is 0 Å². The van der Waals surface area contributed by atoms with Gasteiger partial charge in [-0.1, -0.05) is 13.8 Å². The Morgan fingerprint density at radius 2 is 1.81 bits per heavy atom. The SMILES string of the molecule is CCOC(=O)C1CCN(C(=O)c2oc3ccc(N4CC(C)CC(C)C4)cc3c2C)CC1. The lowest BCUT2D eigenvalue weighted by Crippen LogP contribution is -2.40. The average Bonchev–Trinajstić information content (AvgIpc) is 3.09. The van der Waals surface area contributed by atoms with Crippen LogP contribution in [-0.2, 0) is 9.53 Å². The van der Waals surface area contributed by atoms with Gasteiger partial charge in [-0.05, 0) is 63.1 Å². The zero-order valence-corrected chi connectivity index (χ0v) is 19.1. The number of hydrogen-bond donors (Lipinski definition) is 0. The van der Waals surface area contributed by atoms with Crippen molar-refractivity contribution in [1.29, 1.82) is 0 Å². The fraction of sp³-hybridized carbons (Fsp3) is 0.600. The Balaban J connectivity index is 1.50. The van der Waals surface area contributed by atoms with Crippen LogP contribution in [0.25, 0.3) is 11.0 Å². The van der Waals surface area contributed by atoms with Gasteiger partial charge in [-0.3, -0.25) is 9.59 Å². The van der Waals surface area contributed by atoms with E-state index in [9.17, 15) is 9.59 Å². The van der Waals surface area contributed by atoms with Crippen molar-refractivity contribution in [1.82, 2.24) is 4.90 Å². The molecule has 0 saturated carbocycles. The summed E-state index contributed by atoms with van der Waals surface area (Å²) in [5.41, 5.74) is 2.85. The lowest BCUT2D eigenvalue weighted by molar-refractivity contribution is -0.149. The van der Waals surface area contributed by atoms with Gasteiger partial charge in [0, 0.05) is 42.8 Å². The van der Waals surface area contributed by atoms with Gasteiger partial charge in [-0.15, -0.1) is 0 Å². The molecule has 0 aliphatic carbocycles. The highest BCUT2D eigenvalue weighted by Gasteiger charge is 2.31. The van der Waals surface area contributed by atoms with E-state index in [0.29, 0.717) is 50.1 Å². The minimum absolute atomic E-state index is 0.0854. The van der Waals surface area contributed by atoms with Crippen LogP contribution < -0.4 is 4.90 Å². The van der Waals surface area contributed by atoms with Crippen molar-refractivity contribution in [3.63, 3.8) is 0 Å². The molecule has 2 aliphatic rings. The summed E-state index contributed by atoms with van der Waals surface area (Å²) in [5, 5.41) is 1.01. The zero-order chi connectivity index (χ0) is 22.1. The molecule has 2 unspecified atom stereocenters. The first kappa shape index (κ1) is 21.7. The normalized spacial score (nSPS) is 22.7. The number of amides is 1. The molecule has 2 fully saturated rings. The maximum absolute atomic E-state index is 13.2. The van der Waals surface area contributed by atoms with Gasteiger partial charge in [0.1, 0.15) is 5.58 Å². The quantitative estimate of drug-likeness (QED) is 0.667. The minimum atomic E-state index is -0.150. The Morgan fingerprint density at radius 3 is 2.45 bits per heavy atom. The van der Waals surface area contributed by atoms with E-state index in [-0.39, 0.29) is 17.8 Å². The summed E-state index contributed by atoms with van der Waals surface area (Å²) in [6.07, 6.45) is 2.55. The number of piperidine rings is 2. The second-order valence-corrected chi connectivity index (χ2v) is 9.41. The predicted molar refractivity (Wildman–Crippen MR) is 121 cm³/mol. The van der Waals surface area contributed by atoms with Crippen LogP contribution in [0, 0.1) is 24.7 Å². The van der Waals surface area contributed by atoms with Crippen molar-refractivity contribution >= 4 is 28.5 Å². The molecule has 1 aromatic carbocycles. The number of nitrogens with zero attached hydrogens (tertiary/aromatic N) is 2. The maximum Gasteiger partial charge on any atom is 0.309 e. The van der Waals surface area contributed by atoms with E-state index in [1.807, 2.05) is 19.9 Å². The standard InChI is InChI=1S/C25H34N2O4/c1-5-30-25(29)19-8-10-26(11-9-19)24(28)23-18(4)21-13-20(6-7-22(21)31-23)27-14-16(2)12-17(3)15-27/h6-7,13,16-17,19H,5,8-12,14-15H2,1-4H3. The third-order valence-electron chi connectivity index (χ3n) is 6.75. The van der Waals surface area contributed by atoms with Crippen LogP contribution in [0.3, 0.4) is 0 Å². The minimum Gasteiger partial charge on any atom is -0.466 e. The van der Waals surface area contributed by atoms with E-state index >= 15 is 0 Å². The van der Waals surface area contributed by atoms with Gasteiger partial charge in [-0.25, -0.2) is 0 Å². The molecule has 2 aromatic rings. The Kier molecular flexibility index (Phi) is 6.26. The van der Waals surface area contributed by atoms with Crippen molar-refractivity contribution in [3.05, 3.63) is 29.5 Å². The first-order valence-corrected chi connectivity index (χ1v) is 11.6. The highest BCUT2D eigenvalue weighted by atomic mass is 16.5. The van der Waals surface area contributed by atoms with E-state index in [4.69, 9.17) is 9.15 Å². The molecule has 1 amide bonds. The molecule has 1 aromatic heterocycles. The largest absolute Gasteiger partial charge is 0.466 e. The van der Waals surface area contributed by atoms with Gasteiger partial charge < -0.3 is 19.0 Å². The molecule has 0 bridgehead atoms. The highest BCUT2D eigenvalue weighted by molar-refractivity contribution is 5.99. The molecular formula is C25H34N2O4. The summed E-state index contributed by atoms with van der Waals surface area (Å²) >= 11 is 0. The van der Waals surface area contributed by atoms with Gasteiger partial charge in [0.05, 0.1) is 12.5 Å². The van der Waals surface area contributed by atoms with Crippen molar-refractivity contribution in [2.45, 2.75) is 47.0 Å². The Hall–Kier alpha value is -2.50. The molecule has 6 heteroatoms. The van der Waals surface area contributed by atoms with Crippen LogP contribution in [0.1, 0.15) is 56.2 Å². The Morgan fingerprint density at radius 1 is 1.13 bits per heavy atom. The summed E-state index contributed by atoms with van der Waals surface area (Å²) in [6, 6.07) is 6.27. The van der Waals surface area contributed by atoms with E-state index in [2.05, 4.69) is 30.9 Å². The number of fused-ring (bicyclic) bond motifs is 1. The number of aryl methyl sites for hydroxylation is 1. The molecule has 6 nitrogen and oxygen atoms in total. The molecule has 2 atom stereocenters. The first-order valence-electron chi connectivity index (χ1n) is 11.6. The number of likely N-dealkylation sites (tertiary alicyclic amines) is 1. The summed E-state index contributed by atoms with van der Waals surface area (Å²) in [6.45, 7) is 12.0. The van der Waals surface area contributed by atoms with Crippen LogP contribution in [-0.4, -0.2) is 49.6 Å². The van der Waals surface area contributed by atoms with Gasteiger partial charge in [-0.2, -0.15) is 0 Å². The fourth-order valence-corrected chi connectivity index (χ4v) is 5.21. The number of hydrogen-bond acceptors (Lipinski definition) is 5. The molecule has 4 rings (SSSR count). The molecular weight excluding hydrogens is 392 g/mol. The number of carbonyl (C=O) groups is 2. The van der Waals surface area contributed by atoms with E-state index in [0.717, 1.165) is 29.6 Å². The number of ether oxygens (including phenoxy) is 1. The maximum atomic E-state index is 13.2. The van der Waals surface area contributed by atoms with Crippen LogP contribution >= 0.6 is 0 Å². The predicted octanol–water partition coefficient (Wildman–Crippen LogP) is 4.64. The van der Waals surface area contributed by atoms with E-state index in [1.54, 1.807) is 4.90 Å².